The van der Waals surface area contributed by atoms with Gasteiger partial charge < -0.3 is 14.1 Å². The van der Waals surface area contributed by atoms with Crippen LogP contribution >= 0.6 is 0 Å². The van der Waals surface area contributed by atoms with Gasteiger partial charge in [0.2, 0.25) is 0 Å². The van der Waals surface area contributed by atoms with E-state index in [-0.39, 0.29) is 17.5 Å². The van der Waals surface area contributed by atoms with Crippen LogP contribution in [0.5, 0.6) is 0 Å². The second kappa shape index (κ2) is 9.59. The Bertz CT molecular complexity index is 886. The average molecular weight is 428 g/mol. The lowest BCUT2D eigenvalue weighted by Gasteiger charge is -2.44. The molecule has 2 aliphatic heterocycles. The lowest BCUT2D eigenvalue weighted by Crippen LogP contribution is -2.56. The summed E-state index contributed by atoms with van der Waals surface area (Å²) in [5, 5.41) is 3.72. The molecule has 2 saturated heterocycles. The summed E-state index contributed by atoms with van der Waals surface area (Å²) >= 11 is 0. The highest BCUT2D eigenvalue weighted by molar-refractivity contribution is 6.04. The van der Waals surface area contributed by atoms with Gasteiger partial charge in [-0.1, -0.05) is 18.2 Å². The molecule has 0 bridgehead atoms. The van der Waals surface area contributed by atoms with Gasteiger partial charge in [0.15, 0.2) is 5.69 Å². The Labute approximate surface area is 182 Å². The highest BCUT2D eigenvalue weighted by Gasteiger charge is 2.33. The Kier molecular flexibility index (Phi) is 6.64. The zero-order chi connectivity index (χ0) is 21.8. The normalized spacial score (nSPS) is 19.3. The van der Waals surface area contributed by atoms with E-state index in [0.717, 1.165) is 57.8 Å². The molecule has 0 saturated carbocycles. The lowest BCUT2D eigenvalue weighted by molar-refractivity contribution is 0.0556. The fourth-order valence-corrected chi connectivity index (χ4v) is 4.24. The van der Waals surface area contributed by atoms with Crippen molar-refractivity contribution in [1.29, 1.82) is 0 Å². The molecule has 0 atom stereocenters. The number of aromatic nitrogens is 1. The minimum absolute atomic E-state index is 0.0745. The van der Waals surface area contributed by atoms with E-state index < -0.39 is 5.97 Å². The molecule has 0 N–H and O–H groups in total. The highest BCUT2D eigenvalue weighted by Crippen LogP contribution is 2.25. The maximum atomic E-state index is 13.4. The maximum Gasteiger partial charge on any atom is 0.394 e. The van der Waals surface area contributed by atoms with Crippen LogP contribution in [0.4, 0.5) is 5.69 Å². The topological polar surface area (TPSA) is 82.4 Å². The molecule has 1 amide bonds. The smallest absolute Gasteiger partial charge is 0.394 e. The van der Waals surface area contributed by atoms with Gasteiger partial charge in [-0.2, -0.15) is 4.98 Å². The van der Waals surface area contributed by atoms with Crippen LogP contribution in [0.2, 0.25) is 0 Å². The van der Waals surface area contributed by atoms with Gasteiger partial charge in [-0.25, -0.2) is 14.8 Å². The van der Waals surface area contributed by atoms with Gasteiger partial charge in [0, 0.05) is 45.3 Å². The first-order valence-corrected chi connectivity index (χ1v) is 10.7. The zero-order valence-electron chi connectivity index (χ0n) is 18.1. The predicted molar refractivity (Wildman–Crippen MR) is 115 cm³/mol. The number of oxazole rings is 1. The third-order valence-corrected chi connectivity index (χ3v) is 6.05. The van der Waals surface area contributed by atoms with E-state index in [4.69, 9.17) is 4.42 Å². The van der Waals surface area contributed by atoms with Gasteiger partial charge in [0.25, 0.3) is 5.91 Å². The number of hydrogen-bond donors (Lipinski definition) is 0. The van der Waals surface area contributed by atoms with Crippen LogP contribution in [0, 0.1) is 0 Å². The molecule has 0 aliphatic carbocycles. The van der Waals surface area contributed by atoms with Gasteiger partial charge in [-0.15, -0.1) is 0 Å². The predicted octanol–water partition coefficient (Wildman–Crippen LogP) is 1.73. The number of hydrogen-bond acceptors (Lipinski definition) is 8. The molecule has 2 aliphatic rings. The molecular formula is C22H29N5O4. The first-order chi connectivity index (χ1) is 15.1. The standard InChI is InChI=1S/C22H29N5O4/c1-24-12-14-25(15-13-24)17-8-10-26(11-9-17)27(18-6-4-3-5-7-18)21(28)19-16-31-20(23-19)22(29)30-2/h3-7,16-17H,8-15H2,1-2H3. The Morgan fingerprint density at radius 2 is 1.74 bits per heavy atom. The molecule has 9 heteroatoms. The molecule has 166 valence electrons. The van der Waals surface area contributed by atoms with Gasteiger partial charge >= 0.3 is 11.9 Å². The van der Waals surface area contributed by atoms with Crippen LogP contribution in [0.25, 0.3) is 0 Å². The van der Waals surface area contributed by atoms with Crippen LogP contribution in [-0.4, -0.2) is 91.1 Å². The van der Waals surface area contributed by atoms with Crippen molar-refractivity contribution in [1.82, 2.24) is 19.8 Å². The monoisotopic (exact) mass is 427 g/mol. The molecular weight excluding hydrogens is 398 g/mol. The molecule has 2 fully saturated rings. The second-order valence-electron chi connectivity index (χ2n) is 8.01. The van der Waals surface area contributed by atoms with E-state index in [1.807, 2.05) is 30.3 Å². The molecule has 4 rings (SSSR count). The Balaban J connectivity index is 1.49. The van der Waals surface area contributed by atoms with E-state index in [2.05, 4.69) is 31.6 Å². The molecule has 3 heterocycles. The molecule has 0 spiro atoms. The summed E-state index contributed by atoms with van der Waals surface area (Å²) in [6.45, 7) is 5.92. The van der Waals surface area contributed by atoms with E-state index in [9.17, 15) is 9.59 Å². The van der Waals surface area contributed by atoms with Crippen LogP contribution in [0.1, 0.15) is 34.0 Å². The number of likely N-dealkylation sites (N-methyl/N-ethyl adjacent to an activating group) is 1. The van der Waals surface area contributed by atoms with E-state index in [0.29, 0.717) is 6.04 Å². The number of para-hydroxylation sites is 1. The zero-order valence-corrected chi connectivity index (χ0v) is 18.1. The van der Waals surface area contributed by atoms with E-state index >= 15 is 0 Å². The number of hydrazine groups is 1. The van der Waals surface area contributed by atoms with Crippen molar-refractivity contribution < 1.29 is 18.7 Å². The number of carbonyl (C=O) groups is 2. The Hall–Kier alpha value is -2.75. The first-order valence-electron chi connectivity index (χ1n) is 10.7. The van der Waals surface area contributed by atoms with Gasteiger partial charge in [-0.3, -0.25) is 9.69 Å². The molecule has 0 unspecified atom stereocenters. The molecule has 9 nitrogen and oxygen atoms in total. The molecule has 2 aromatic rings. The summed E-state index contributed by atoms with van der Waals surface area (Å²) in [4.78, 5) is 34.0. The average Bonchev–Trinajstić information content (AvgIpc) is 3.31. The van der Waals surface area contributed by atoms with Crippen molar-refractivity contribution in [2.45, 2.75) is 18.9 Å². The number of benzene rings is 1. The number of ether oxygens (including phenoxy) is 1. The van der Waals surface area contributed by atoms with Gasteiger partial charge in [0.05, 0.1) is 12.8 Å². The lowest BCUT2D eigenvalue weighted by atomic mass is 10.0. The molecule has 1 aromatic carbocycles. The number of methoxy groups -OCH3 is 1. The van der Waals surface area contributed by atoms with Crippen molar-refractivity contribution in [3.63, 3.8) is 0 Å². The molecule has 31 heavy (non-hydrogen) atoms. The van der Waals surface area contributed by atoms with Crippen molar-refractivity contribution in [2.75, 3.05) is 58.4 Å². The van der Waals surface area contributed by atoms with Gasteiger partial charge in [-0.05, 0) is 32.0 Å². The highest BCUT2D eigenvalue weighted by atomic mass is 16.5. The number of piperidine rings is 1. The second-order valence-corrected chi connectivity index (χ2v) is 8.01. The Morgan fingerprint density at radius 1 is 1.06 bits per heavy atom. The third-order valence-electron chi connectivity index (χ3n) is 6.05. The third kappa shape index (κ3) is 4.79. The molecule has 1 aromatic heterocycles. The SMILES string of the molecule is COC(=O)c1nc(C(=O)N(c2ccccc2)N2CCC(N3CCN(C)CC3)CC2)co1. The van der Waals surface area contributed by atoms with Crippen molar-refractivity contribution in [3.8, 4) is 0 Å². The van der Waals surface area contributed by atoms with Crippen molar-refractivity contribution in [2.24, 2.45) is 0 Å². The largest absolute Gasteiger partial charge is 0.462 e. The van der Waals surface area contributed by atoms with Crippen LogP contribution in [0.3, 0.4) is 0 Å². The minimum Gasteiger partial charge on any atom is -0.462 e. The summed E-state index contributed by atoms with van der Waals surface area (Å²) < 4.78 is 9.78. The van der Waals surface area contributed by atoms with E-state index in [1.54, 1.807) is 5.01 Å². The van der Waals surface area contributed by atoms with Crippen LogP contribution < -0.4 is 5.01 Å². The van der Waals surface area contributed by atoms with Crippen molar-refractivity contribution in [3.05, 3.63) is 48.2 Å². The minimum atomic E-state index is -0.710. The van der Waals surface area contributed by atoms with Gasteiger partial charge in [0.1, 0.15) is 6.26 Å². The first kappa shape index (κ1) is 21.5. The maximum absolute atomic E-state index is 13.4. The molecule has 0 radical (unpaired) electrons. The Morgan fingerprint density at radius 3 is 2.39 bits per heavy atom. The fourth-order valence-electron chi connectivity index (χ4n) is 4.24. The number of rotatable bonds is 5. The number of piperazine rings is 1. The van der Waals surface area contributed by atoms with Crippen LogP contribution in [0.15, 0.2) is 41.0 Å². The summed E-state index contributed by atoms with van der Waals surface area (Å²) in [7, 11) is 3.41. The number of anilines is 1. The fraction of sp³-hybridized carbons (Fsp3) is 0.500. The van der Waals surface area contributed by atoms with E-state index in [1.165, 1.54) is 13.4 Å². The summed E-state index contributed by atoms with van der Waals surface area (Å²) in [5.41, 5.74) is 0.832. The summed E-state index contributed by atoms with van der Waals surface area (Å²) in [6, 6.07) is 10.0. The van der Waals surface area contributed by atoms with Crippen molar-refractivity contribution >= 4 is 17.6 Å². The number of nitrogens with zero attached hydrogens (tertiary/aromatic N) is 5. The quantitative estimate of drug-likeness (QED) is 0.668. The van der Waals surface area contributed by atoms with Crippen LogP contribution in [-0.2, 0) is 4.74 Å². The summed E-state index contributed by atoms with van der Waals surface area (Å²) in [5.74, 6) is -1.27. The summed E-state index contributed by atoms with van der Waals surface area (Å²) in [6.07, 6.45) is 3.20. The number of carbonyl (C=O) groups excluding carboxylic acids is 2. The number of amides is 1. The number of esters is 1.